The Labute approximate surface area is 90.7 Å². The van der Waals surface area contributed by atoms with E-state index in [1.807, 2.05) is 13.8 Å². The molecule has 0 saturated carbocycles. The topological polar surface area (TPSA) is 48.5 Å². The minimum Gasteiger partial charge on any atom is -0.296 e. The van der Waals surface area contributed by atoms with Crippen LogP contribution in [-0.2, 0) is 0 Å². The highest BCUT2D eigenvalue weighted by Gasteiger charge is 2.19. The molecule has 0 saturated heterocycles. The van der Waals surface area contributed by atoms with Gasteiger partial charge in [0.2, 0.25) is 0 Å². The first-order chi connectivity index (χ1) is 7.61. The Morgan fingerprint density at radius 3 is 2.75 bits per heavy atom. The van der Waals surface area contributed by atoms with Crippen molar-refractivity contribution in [3.05, 3.63) is 24.3 Å². The van der Waals surface area contributed by atoms with Gasteiger partial charge in [-0.2, -0.15) is 9.78 Å². The summed E-state index contributed by atoms with van der Waals surface area (Å²) >= 11 is 0. The lowest BCUT2D eigenvalue weighted by atomic mass is 10.4. The van der Waals surface area contributed by atoms with Crippen LogP contribution in [-0.4, -0.2) is 24.5 Å². The van der Waals surface area contributed by atoms with Crippen LogP contribution in [0.2, 0.25) is 0 Å². The Morgan fingerprint density at radius 1 is 1.38 bits per heavy atom. The SMILES string of the molecule is CC(C)n1cnnc1-n1nc[c]c1C(F)F. The summed E-state index contributed by atoms with van der Waals surface area (Å²) in [6.07, 6.45) is 0.0393. The molecular weight excluding hydrogens is 216 g/mol. The van der Waals surface area contributed by atoms with Crippen LogP contribution >= 0.6 is 0 Å². The van der Waals surface area contributed by atoms with E-state index in [9.17, 15) is 8.78 Å². The molecule has 0 spiro atoms. The molecule has 0 fully saturated rings. The normalized spacial score (nSPS) is 11.6. The molecule has 2 aromatic rings. The van der Waals surface area contributed by atoms with Gasteiger partial charge in [-0.3, -0.25) is 4.57 Å². The van der Waals surface area contributed by atoms with Crippen LogP contribution in [0.3, 0.4) is 0 Å². The second-order valence-corrected chi connectivity index (χ2v) is 3.52. The van der Waals surface area contributed by atoms with Crippen LogP contribution in [0.5, 0.6) is 0 Å². The molecule has 0 aromatic carbocycles. The fourth-order valence-corrected chi connectivity index (χ4v) is 1.34. The molecule has 0 unspecified atom stereocenters. The van der Waals surface area contributed by atoms with Gasteiger partial charge in [0, 0.05) is 12.1 Å². The molecule has 0 aliphatic carbocycles. The molecule has 0 atom stereocenters. The van der Waals surface area contributed by atoms with Crippen LogP contribution in [0.15, 0.2) is 12.5 Å². The number of hydrogen-bond acceptors (Lipinski definition) is 3. The van der Waals surface area contributed by atoms with Crippen molar-refractivity contribution in [3.8, 4) is 5.95 Å². The maximum Gasteiger partial charge on any atom is 0.281 e. The second-order valence-electron chi connectivity index (χ2n) is 3.52. The van der Waals surface area contributed by atoms with Crippen LogP contribution < -0.4 is 0 Å². The number of hydrogen-bond donors (Lipinski definition) is 0. The van der Waals surface area contributed by atoms with E-state index in [2.05, 4.69) is 21.4 Å². The molecule has 0 aliphatic heterocycles. The summed E-state index contributed by atoms with van der Waals surface area (Å²) < 4.78 is 28.0. The monoisotopic (exact) mass is 226 g/mol. The third-order valence-corrected chi connectivity index (χ3v) is 2.12. The van der Waals surface area contributed by atoms with E-state index in [-0.39, 0.29) is 17.7 Å². The average molecular weight is 226 g/mol. The van der Waals surface area contributed by atoms with Crippen molar-refractivity contribution < 1.29 is 8.78 Å². The summed E-state index contributed by atoms with van der Waals surface area (Å²) in [4.78, 5) is 0. The molecule has 1 radical (unpaired) electrons. The van der Waals surface area contributed by atoms with Crippen molar-refractivity contribution in [2.45, 2.75) is 26.3 Å². The third-order valence-electron chi connectivity index (χ3n) is 2.12. The van der Waals surface area contributed by atoms with Crippen molar-refractivity contribution in [1.29, 1.82) is 0 Å². The van der Waals surface area contributed by atoms with Gasteiger partial charge in [-0.25, -0.2) is 8.78 Å². The van der Waals surface area contributed by atoms with E-state index in [1.165, 1.54) is 12.5 Å². The molecule has 7 heteroatoms. The third kappa shape index (κ3) is 1.68. The van der Waals surface area contributed by atoms with E-state index in [0.717, 1.165) is 4.68 Å². The van der Waals surface area contributed by atoms with Gasteiger partial charge in [0.1, 0.15) is 12.0 Å². The minimum atomic E-state index is -2.64. The zero-order chi connectivity index (χ0) is 11.7. The number of halogens is 2. The van der Waals surface area contributed by atoms with Crippen LogP contribution in [0.4, 0.5) is 8.78 Å². The Bertz CT molecular complexity index is 429. The first-order valence-electron chi connectivity index (χ1n) is 4.75. The van der Waals surface area contributed by atoms with Gasteiger partial charge < -0.3 is 0 Å². The summed E-state index contributed by atoms with van der Waals surface area (Å²) in [5, 5.41) is 11.3. The van der Waals surface area contributed by atoms with Gasteiger partial charge >= 0.3 is 0 Å². The molecule has 0 N–H and O–H groups in total. The molecule has 2 heterocycles. The molecule has 85 valence electrons. The molecule has 5 nitrogen and oxygen atoms in total. The summed E-state index contributed by atoms with van der Waals surface area (Å²) in [6.45, 7) is 3.81. The number of nitrogens with zero attached hydrogens (tertiary/aromatic N) is 5. The lowest BCUT2D eigenvalue weighted by molar-refractivity contribution is 0.142. The standard InChI is InChI=1S/C9H10F2N5/c1-6(2)15-5-12-14-9(15)16-7(8(10)11)3-4-13-16/h4-6,8H,1-2H3. The largest absolute Gasteiger partial charge is 0.296 e. The van der Waals surface area contributed by atoms with Gasteiger partial charge in [0.05, 0.1) is 6.20 Å². The van der Waals surface area contributed by atoms with Gasteiger partial charge in [-0.1, -0.05) is 0 Å². The highest BCUT2D eigenvalue weighted by atomic mass is 19.3. The molecule has 2 rings (SSSR count). The van der Waals surface area contributed by atoms with E-state index in [4.69, 9.17) is 0 Å². The Balaban J connectivity index is 2.50. The van der Waals surface area contributed by atoms with Crippen molar-refractivity contribution in [1.82, 2.24) is 24.5 Å². The van der Waals surface area contributed by atoms with Crippen molar-refractivity contribution in [3.63, 3.8) is 0 Å². The first kappa shape index (κ1) is 10.7. The molecule has 16 heavy (non-hydrogen) atoms. The van der Waals surface area contributed by atoms with Gasteiger partial charge in [-0.15, -0.1) is 10.2 Å². The van der Waals surface area contributed by atoms with Crippen molar-refractivity contribution in [2.24, 2.45) is 0 Å². The summed E-state index contributed by atoms with van der Waals surface area (Å²) in [6, 6.07) is 2.45. The fraction of sp³-hybridized carbons (Fsp3) is 0.444. The zero-order valence-electron chi connectivity index (χ0n) is 8.80. The molecule has 0 bridgehead atoms. The van der Waals surface area contributed by atoms with Crippen LogP contribution in [0.1, 0.15) is 32.0 Å². The van der Waals surface area contributed by atoms with Gasteiger partial charge in [0.25, 0.3) is 12.4 Å². The quantitative estimate of drug-likeness (QED) is 0.801. The van der Waals surface area contributed by atoms with E-state index < -0.39 is 6.43 Å². The van der Waals surface area contributed by atoms with E-state index in [1.54, 1.807) is 4.57 Å². The molecular formula is C9H10F2N5. The Morgan fingerprint density at radius 2 is 2.12 bits per heavy atom. The molecule has 2 aromatic heterocycles. The average Bonchev–Trinajstić information content (AvgIpc) is 2.85. The van der Waals surface area contributed by atoms with Gasteiger partial charge in [-0.05, 0) is 13.8 Å². The highest BCUT2D eigenvalue weighted by Crippen LogP contribution is 2.20. The van der Waals surface area contributed by atoms with Crippen molar-refractivity contribution in [2.75, 3.05) is 0 Å². The zero-order valence-corrected chi connectivity index (χ0v) is 8.80. The number of alkyl halides is 2. The summed E-state index contributed by atoms with van der Waals surface area (Å²) in [5.41, 5.74) is -0.310. The smallest absolute Gasteiger partial charge is 0.281 e. The maximum absolute atomic E-state index is 12.6. The lowest BCUT2D eigenvalue weighted by Gasteiger charge is -2.11. The maximum atomic E-state index is 12.6. The number of aromatic nitrogens is 5. The van der Waals surface area contributed by atoms with E-state index in [0.29, 0.717) is 0 Å². The molecule has 0 aliphatic rings. The number of rotatable bonds is 3. The van der Waals surface area contributed by atoms with Crippen molar-refractivity contribution >= 4 is 0 Å². The predicted molar refractivity (Wildman–Crippen MR) is 51.3 cm³/mol. The van der Waals surface area contributed by atoms with Gasteiger partial charge in [0.15, 0.2) is 0 Å². The Kier molecular flexibility index (Phi) is 2.67. The summed E-state index contributed by atoms with van der Waals surface area (Å²) in [5.74, 6) is 0.270. The minimum absolute atomic E-state index is 0.0692. The fourth-order valence-electron chi connectivity index (χ4n) is 1.34. The lowest BCUT2D eigenvalue weighted by Crippen LogP contribution is -2.12. The predicted octanol–water partition coefficient (Wildman–Crippen LogP) is 1.78. The summed E-state index contributed by atoms with van der Waals surface area (Å²) in [7, 11) is 0. The Hall–Kier alpha value is -1.79. The van der Waals surface area contributed by atoms with Crippen LogP contribution in [0, 0.1) is 6.07 Å². The van der Waals surface area contributed by atoms with E-state index >= 15 is 0 Å². The second kappa shape index (κ2) is 3.99. The highest BCUT2D eigenvalue weighted by molar-refractivity contribution is 5.16. The first-order valence-corrected chi connectivity index (χ1v) is 4.75. The molecule has 0 amide bonds. The van der Waals surface area contributed by atoms with Crippen LogP contribution in [0.25, 0.3) is 5.95 Å².